The van der Waals surface area contributed by atoms with Crippen LogP contribution in [0.5, 0.6) is 0 Å². The minimum absolute atomic E-state index is 1.29. The third kappa shape index (κ3) is 3.42. The Hall–Kier alpha value is -0.140. The average Bonchev–Trinajstić information content (AvgIpc) is 2.33. The zero-order valence-electron chi connectivity index (χ0n) is 9.78. The molecule has 0 amide bonds. The van der Waals surface area contributed by atoms with E-state index in [0.717, 1.165) is 0 Å². The van der Waals surface area contributed by atoms with Crippen LogP contribution >= 0.6 is 43.2 Å². The molecular formula is C14H14I2O. The maximum absolute atomic E-state index is 5.74. The Kier molecular flexibility index (Phi) is 4.81. The van der Waals surface area contributed by atoms with Crippen molar-refractivity contribution < 1.29 is 1.40 Å². The maximum atomic E-state index is 5.74. The molecule has 0 fully saturated rings. The Labute approximate surface area is 124 Å². The molecular weight excluding hydrogens is 438 g/mol. The first kappa shape index (κ1) is 13.3. The molecule has 2 aromatic carbocycles. The molecule has 0 bridgehead atoms. The molecule has 90 valence electrons. The zero-order chi connectivity index (χ0) is 12.3. The minimum atomic E-state index is -1.68. The van der Waals surface area contributed by atoms with Crippen molar-refractivity contribution in [3.8, 4) is 0 Å². The van der Waals surface area contributed by atoms with Crippen LogP contribution < -0.4 is 0 Å². The standard InChI is InChI=1S/C14H14I2O/c1-11-6-8-13(9-7-11)16(17-15)14-5-3-4-12(2)10-14/h3-10H,1-2H3. The van der Waals surface area contributed by atoms with Gasteiger partial charge in [0.1, 0.15) is 0 Å². The fourth-order valence-electron chi connectivity index (χ4n) is 1.55. The number of halogens is 2. The van der Waals surface area contributed by atoms with E-state index >= 15 is 0 Å². The first-order valence-corrected chi connectivity index (χ1v) is 9.25. The molecule has 0 unspecified atom stereocenters. The Balaban J connectivity index is 2.36. The van der Waals surface area contributed by atoms with E-state index in [1.54, 1.807) is 0 Å². The van der Waals surface area contributed by atoms with Crippen LogP contribution in [-0.4, -0.2) is 0 Å². The van der Waals surface area contributed by atoms with Gasteiger partial charge < -0.3 is 0 Å². The molecule has 0 spiro atoms. The summed E-state index contributed by atoms with van der Waals surface area (Å²) in [4.78, 5) is 0. The molecule has 0 aliphatic carbocycles. The van der Waals surface area contributed by atoms with Gasteiger partial charge in [-0.3, -0.25) is 0 Å². The molecule has 0 aliphatic heterocycles. The van der Waals surface area contributed by atoms with Gasteiger partial charge in [0.15, 0.2) is 0 Å². The predicted molar refractivity (Wildman–Crippen MR) is 88.9 cm³/mol. The average molecular weight is 452 g/mol. The van der Waals surface area contributed by atoms with E-state index in [-0.39, 0.29) is 0 Å². The van der Waals surface area contributed by atoms with Crippen molar-refractivity contribution in [3.63, 3.8) is 0 Å². The third-order valence-electron chi connectivity index (χ3n) is 2.45. The summed E-state index contributed by atoms with van der Waals surface area (Å²) in [5.41, 5.74) is 2.59. The fraction of sp³-hybridized carbons (Fsp3) is 0.143. The van der Waals surface area contributed by atoms with Gasteiger partial charge in [0.05, 0.1) is 0 Å². The molecule has 0 atom stereocenters. The second kappa shape index (κ2) is 6.15. The number of benzene rings is 2. The van der Waals surface area contributed by atoms with E-state index in [9.17, 15) is 0 Å². The van der Waals surface area contributed by atoms with Gasteiger partial charge in [0.25, 0.3) is 0 Å². The summed E-state index contributed by atoms with van der Waals surface area (Å²) in [6.45, 7) is 4.24. The van der Waals surface area contributed by atoms with Crippen molar-refractivity contribution in [1.82, 2.24) is 0 Å². The zero-order valence-corrected chi connectivity index (χ0v) is 14.1. The number of rotatable bonds is 3. The van der Waals surface area contributed by atoms with Crippen molar-refractivity contribution in [3.05, 3.63) is 66.8 Å². The van der Waals surface area contributed by atoms with E-state index in [2.05, 4.69) is 62.4 Å². The van der Waals surface area contributed by atoms with E-state index < -0.39 is 20.2 Å². The Morgan fingerprint density at radius 3 is 2.18 bits per heavy atom. The van der Waals surface area contributed by atoms with Crippen molar-refractivity contribution in [2.24, 2.45) is 0 Å². The van der Waals surface area contributed by atoms with Gasteiger partial charge in [-0.1, -0.05) is 0 Å². The summed E-state index contributed by atoms with van der Waals surface area (Å²) >= 11 is 0.363. The summed E-state index contributed by atoms with van der Waals surface area (Å²) in [6, 6.07) is 17.4. The van der Waals surface area contributed by atoms with Gasteiger partial charge in [-0.25, -0.2) is 0 Å². The van der Waals surface area contributed by atoms with Gasteiger partial charge in [-0.05, 0) is 0 Å². The van der Waals surface area contributed by atoms with Gasteiger partial charge in [-0.2, -0.15) is 0 Å². The number of hydrogen-bond acceptors (Lipinski definition) is 1. The molecule has 0 saturated carbocycles. The van der Waals surface area contributed by atoms with Gasteiger partial charge in [-0.15, -0.1) is 0 Å². The third-order valence-corrected chi connectivity index (χ3v) is 8.66. The van der Waals surface area contributed by atoms with Crippen molar-refractivity contribution in [2.45, 2.75) is 13.8 Å². The van der Waals surface area contributed by atoms with Crippen LogP contribution in [0.2, 0.25) is 0 Å². The van der Waals surface area contributed by atoms with Gasteiger partial charge in [0.2, 0.25) is 0 Å². The molecule has 2 rings (SSSR count). The number of hydrogen-bond donors (Lipinski definition) is 0. The SMILES string of the molecule is Cc1ccc(I(OI)c2cccc(C)c2)cc1. The summed E-state index contributed by atoms with van der Waals surface area (Å²) in [5, 5.41) is 0. The molecule has 0 saturated heterocycles. The molecule has 0 aromatic heterocycles. The number of aryl methyl sites for hydroxylation is 2. The first-order valence-electron chi connectivity index (χ1n) is 5.33. The second-order valence-electron chi connectivity index (χ2n) is 3.90. The fourth-order valence-corrected chi connectivity index (χ4v) is 7.56. The molecule has 0 heterocycles. The van der Waals surface area contributed by atoms with Crippen molar-refractivity contribution in [1.29, 1.82) is 0 Å². The summed E-state index contributed by atoms with van der Waals surface area (Å²) in [7, 11) is 0. The van der Waals surface area contributed by atoms with E-state index in [0.29, 0.717) is 0 Å². The monoisotopic (exact) mass is 452 g/mol. The van der Waals surface area contributed by atoms with Crippen LogP contribution in [0.1, 0.15) is 11.1 Å². The summed E-state index contributed by atoms with van der Waals surface area (Å²) in [5.74, 6) is 0. The molecule has 3 heteroatoms. The van der Waals surface area contributed by atoms with Crippen LogP contribution in [0, 0.1) is 21.0 Å². The Morgan fingerprint density at radius 2 is 1.59 bits per heavy atom. The first-order chi connectivity index (χ1) is 8.20. The molecule has 0 N–H and O–H groups in total. The quantitative estimate of drug-likeness (QED) is 0.588. The summed E-state index contributed by atoms with van der Waals surface area (Å²) < 4.78 is 8.45. The molecule has 2 aromatic rings. The van der Waals surface area contributed by atoms with Crippen molar-refractivity contribution >= 4 is 43.2 Å². The molecule has 0 radical (unpaired) electrons. The van der Waals surface area contributed by atoms with Gasteiger partial charge >= 0.3 is 125 Å². The van der Waals surface area contributed by atoms with Crippen LogP contribution in [-0.2, 0) is 1.40 Å². The topological polar surface area (TPSA) is 9.23 Å². The molecule has 0 aliphatic rings. The molecule has 17 heavy (non-hydrogen) atoms. The van der Waals surface area contributed by atoms with E-state index in [1.165, 1.54) is 18.3 Å². The molecule has 1 nitrogen and oxygen atoms in total. The summed E-state index contributed by atoms with van der Waals surface area (Å²) in [6.07, 6.45) is 0. The predicted octanol–water partition coefficient (Wildman–Crippen LogP) is 5.13. The second-order valence-corrected chi connectivity index (χ2v) is 10.4. The van der Waals surface area contributed by atoms with Crippen LogP contribution in [0.25, 0.3) is 0 Å². The van der Waals surface area contributed by atoms with Crippen LogP contribution in [0.4, 0.5) is 0 Å². The Morgan fingerprint density at radius 1 is 0.882 bits per heavy atom. The van der Waals surface area contributed by atoms with Crippen LogP contribution in [0.15, 0.2) is 48.5 Å². The Bertz CT molecular complexity index is 494. The van der Waals surface area contributed by atoms with Gasteiger partial charge in [0, 0.05) is 0 Å². The van der Waals surface area contributed by atoms with E-state index in [1.807, 2.05) is 23.0 Å². The van der Waals surface area contributed by atoms with Crippen molar-refractivity contribution in [2.75, 3.05) is 0 Å². The van der Waals surface area contributed by atoms with E-state index in [4.69, 9.17) is 1.40 Å². The normalized spacial score (nSPS) is 11.4. The van der Waals surface area contributed by atoms with Crippen LogP contribution in [0.3, 0.4) is 0 Å².